The zero-order valence-electron chi connectivity index (χ0n) is 11.7. The fourth-order valence-electron chi connectivity index (χ4n) is 1.70. The van der Waals surface area contributed by atoms with Gasteiger partial charge in [-0.15, -0.1) is 6.58 Å². The summed E-state index contributed by atoms with van der Waals surface area (Å²) in [4.78, 5) is 11.3. The van der Waals surface area contributed by atoms with E-state index >= 15 is 0 Å². The molecule has 1 aromatic carbocycles. The number of amides is 1. The van der Waals surface area contributed by atoms with Gasteiger partial charge < -0.3 is 10.4 Å². The topological polar surface area (TPSA) is 83.5 Å². The van der Waals surface area contributed by atoms with Crippen molar-refractivity contribution < 1.29 is 27.1 Å². The number of allylic oxidation sites excluding steroid dienone is 1. The first-order valence-electron chi connectivity index (χ1n) is 6.45. The first kappa shape index (κ1) is 18.2. The number of hydrogen-bond acceptors (Lipinski definition) is 4. The second-order valence-electron chi connectivity index (χ2n) is 4.61. The van der Waals surface area contributed by atoms with Gasteiger partial charge >= 0.3 is 5.76 Å². The van der Waals surface area contributed by atoms with Crippen molar-refractivity contribution in [2.24, 2.45) is 5.92 Å². The highest BCUT2D eigenvalue weighted by Crippen LogP contribution is 2.18. The third kappa shape index (κ3) is 4.60. The third-order valence-electron chi connectivity index (χ3n) is 2.99. The first-order valence-corrected chi connectivity index (χ1v) is 7.99. The molecular weight excluding hydrogens is 316 g/mol. The number of rotatable bonds is 8. The van der Waals surface area contributed by atoms with Gasteiger partial charge in [0, 0.05) is 24.6 Å². The Morgan fingerprint density at radius 3 is 2.36 bits per heavy atom. The maximum absolute atomic E-state index is 12.4. The van der Waals surface area contributed by atoms with E-state index in [-0.39, 0.29) is 24.6 Å². The van der Waals surface area contributed by atoms with Crippen LogP contribution < -0.4 is 5.32 Å². The predicted molar refractivity (Wildman–Crippen MR) is 77.4 cm³/mol. The van der Waals surface area contributed by atoms with E-state index in [0.717, 1.165) is 24.3 Å². The molecular formula is C14H17F2NO4S. The molecule has 0 aliphatic rings. The van der Waals surface area contributed by atoms with Gasteiger partial charge in [0.1, 0.15) is 0 Å². The van der Waals surface area contributed by atoms with E-state index in [4.69, 9.17) is 5.11 Å². The van der Waals surface area contributed by atoms with Crippen molar-refractivity contribution in [2.75, 3.05) is 13.2 Å². The van der Waals surface area contributed by atoms with E-state index in [1.54, 1.807) is 6.08 Å². The number of halogens is 2. The van der Waals surface area contributed by atoms with Crippen LogP contribution in [0.4, 0.5) is 8.78 Å². The number of sulfone groups is 1. The van der Waals surface area contributed by atoms with Crippen molar-refractivity contribution >= 4 is 15.7 Å². The number of alkyl halides is 2. The summed E-state index contributed by atoms with van der Waals surface area (Å²) in [5.41, 5.74) is 0.142. The smallest absolute Gasteiger partial charge is 0.341 e. The molecule has 2 N–H and O–H groups in total. The number of carbonyl (C=O) groups is 1. The number of hydrogen-bond donors (Lipinski definition) is 2. The molecule has 0 unspecified atom stereocenters. The first-order chi connectivity index (χ1) is 10.3. The number of benzene rings is 1. The predicted octanol–water partition coefficient (Wildman–Crippen LogP) is 1.60. The molecule has 0 aliphatic heterocycles. The lowest BCUT2D eigenvalue weighted by Crippen LogP contribution is -2.30. The summed E-state index contributed by atoms with van der Waals surface area (Å²) in [5, 5.41) is 11.7. The Balaban J connectivity index is 2.74. The van der Waals surface area contributed by atoms with E-state index in [2.05, 4.69) is 11.9 Å². The van der Waals surface area contributed by atoms with Crippen molar-refractivity contribution in [3.63, 3.8) is 0 Å². The second-order valence-corrected chi connectivity index (χ2v) is 6.53. The van der Waals surface area contributed by atoms with Gasteiger partial charge in [-0.2, -0.15) is 8.78 Å². The van der Waals surface area contributed by atoms with E-state index in [0.29, 0.717) is 6.42 Å². The average Bonchev–Trinajstić information content (AvgIpc) is 2.51. The van der Waals surface area contributed by atoms with Crippen molar-refractivity contribution in [1.29, 1.82) is 0 Å². The number of aliphatic hydroxyl groups excluding tert-OH is 1. The minimum atomic E-state index is -4.67. The van der Waals surface area contributed by atoms with E-state index in [9.17, 15) is 22.0 Å². The summed E-state index contributed by atoms with van der Waals surface area (Å²) in [6.45, 7) is 3.65. The van der Waals surface area contributed by atoms with E-state index in [1.165, 1.54) is 0 Å². The SMILES string of the molecule is C=CC[C@H](CO)CNC(=O)c1ccc(S(=O)(=O)C(F)F)cc1. The fourth-order valence-corrected chi connectivity index (χ4v) is 2.42. The molecule has 0 saturated carbocycles. The molecule has 1 atom stereocenters. The van der Waals surface area contributed by atoms with Gasteiger partial charge in [-0.3, -0.25) is 4.79 Å². The highest BCUT2D eigenvalue weighted by atomic mass is 32.2. The Morgan fingerprint density at radius 1 is 1.32 bits per heavy atom. The minimum Gasteiger partial charge on any atom is -0.396 e. The molecule has 1 amide bonds. The van der Waals surface area contributed by atoms with Gasteiger partial charge in [0.25, 0.3) is 5.91 Å². The van der Waals surface area contributed by atoms with Gasteiger partial charge in [0.15, 0.2) is 0 Å². The van der Waals surface area contributed by atoms with Gasteiger partial charge in [0.05, 0.1) is 4.90 Å². The van der Waals surface area contributed by atoms with Crippen LogP contribution in [0.2, 0.25) is 0 Å². The van der Waals surface area contributed by atoms with Crippen LogP contribution in [0.1, 0.15) is 16.8 Å². The van der Waals surface area contributed by atoms with Crippen LogP contribution in [0, 0.1) is 5.92 Å². The monoisotopic (exact) mass is 333 g/mol. The maximum Gasteiger partial charge on any atom is 0.341 e. The van der Waals surface area contributed by atoms with E-state index in [1.807, 2.05) is 0 Å². The van der Waals surface area contributed by atoms with Crippen LogP contribution in [0.15, 0.2) is 41.8 Å². The molecule has 0 aromatic heterocycles. The summed E-state index contributed by atoms with van der Waals surface area (Å²) in [6, 6.07) is 4.24. The quantitative estimate of drug-likeness (QED) is 0.708. The molecule has 0 saturated heterocycles. The summed E-state index contributed by atoms with van der Waals surface area (Å²) < 4.78 is 47.3. The largest absolute Gasteiger partial charge is 0.396 e. The number of aliphatic hydroxyl groups is 1. The van der Waals surface area contributed by atoms with Gasteiger partial charge in [-0.25, -0.2) is 8.42 Å². The minimum absolute atomic E-state index is 0.113. The number of carbonyl (C=O) groups excluding carboxylic acids is 1. The normalized spacial score (nSPS) is 12.9. The molecule has 0 radical (unpaired) electrons. The third-order valence-corrected chi connectivity index (χ3v) is 4.39. The Morgan fingerprint density at radius 2 is 1.91 bits per heavy atom. The lowest BCUT2D eigenvalue weighted by atomic mass is 10.1. The molecule has 8 heteroatoms. The van der Waals surface area contributed by atoms with Crippen LogP contribution >= 0.6 is 0 Å². The van der Waals surface area contributed by atoms with Gasteiger partial charge in [-0.1, -0.05) is 6.08 Å². The molecule has 0 bridgehead atoms. The Kier molecular flexibility index (Phi) is 6.63. The zero-order chi connectivity index (χ0) is 16.8. The summed E-state index contributed by atoms with van der Waals surface area (Å²) >= 11 is 0. The second kappa shape index (κ2) is 8.00. The van der Waals surface area contributed by atoms with Crippen molar-refractivity contribution in [3.8, 4) is 0 Å². The maximum atomic E-state index is 12.4. The molecule has 1 aromatic rings. The summed E-state index contributed by atoms with van der Waals surface area (Å²) in [5.74, 6) is -4.15. The summed E-state index contributed by atoms with van der Waals surface area (Å²) in [7, 11) is -4.67. The highest BCUT2D eigenvalue weighted by Gasteiger charge is 2.26. The van der Waals surface area contributed by atoms with Gasteiger partial charge in [0.2, 0.25) is 9.84 Å². The Hall–Kier alpha value is -1.80. The van der Waals surface area contributed by atoms with E-state index < -0.39 is 26.4 Å². The highest BCUT2D eigenvalue weighted by molar-refractivity contribution is 7.91. The number of nitrogens with one attached hydrogen (secondary N) is 1. The standard InChI is InChI=1S/C14H17F2NO4S/c1-2-3-10(9-18)8-17-13(19)11-4-6-12(7-5-11)22(20,21)14(15)16/h2,4-7,10,14,18H,1,3,8-9H2,(H,17,19)/t10-/m0/s1. The summed E-state index contributed by atoms with van der Waals surface area (Å²) in [6.07, 6.45) is 2.15. The molecule has 5 nitrogen and oxygen atoms in total. The van der Waals surface area contributed by atoms with Crippen LogP contribution in [0.25, 0.3) is 0 Å². The van der Waals surface area contributed by atoms with Crippen molar-refractivity contribution in [2.45, 2.75) is 17.1 Å². The Bertz CT molecular complexity index is 614. The molecule has 0 aliphatic carbocycles. The van der Waals surface area contributed by atoms with Gasteiger partial charge in [-0.05, 0) is 30.7 Å². The fraction of sp³-hybridized carbons (Fsp3) is 0.357. The van der Waals surface area contributed by atoms with Crippen molar-refractivity contribution in [1.82, 2.24) is 5.32 Å². The van der Waals surface area contributed by atoms with Crippen LogP contribution in [-0.4, -0.2) is 38.3 Å². The van der Waals surface area contributed by atoms with Crippen molar-refractivity contribution in [3.05, 3.63) is 42.5 Å². The molecule has 0 fully saturated rings. The van der Waals surface area contributed by atoms with Crippen LogP contribution in [-0.2, 0) is 9.84 Å². The Labute approximate surface area is 127 Å². The van der Waals surface area contributed by atoms with Crippen LogP contribution in [0.3, 0.4) is 0 Å². The lowest BCUT2D eigenvalue weighted by molar-refractivity contribution is 0.0940. The zero-order valence-corrected chi connectivity index (χ0v) is 12.5. The lowest BCUT2D eigenvalue weighted by Gasteiger charge is -2.13. The molecule has 0 heterocycles. The molecule has 122 valence electrons. The molecule has 0 spiro atoms. The molecule has 22 heavy (non-hydrogen) atoms. The average molecular weight is 333 g/mol. The molecule has 1 rings (SSSR count). The van der Waals surface area contributed by atoms with Crippen LogP contribution in [0.5, 0.6) is 0 Å².